The molecule has 0 aliphatic rings. The van der Waals surface area contributed by atoms with Gasteiger partial charge in [-0.1, -0.05) is 30.4 Å². The fourth-order valence-electron chi connectivity index (χ4n) is 1.20. The molecule has 1 aromatic rings. The number of benzene rings is 1. The Kier molecular flexibility index (Phi) is 4.17. The standard InChI is InChI=1S/C14H18O/c1-11(2)9-13-5-7-14(8-6-13)15-10-12(3)4/h5-9H,3,10H2,1-2,4H3. The van der Waals surface area contributed by atoms with Crippen LogP contribution in [0.2, 0.25) is 0 Å². The average molecular weight is 202 g/mol. The fourth-order valence-corrected chi connectivity index (χ4v) is 1.20. The fraction of sp³-hybridized carbons (Fsp3) is 0.286. The first-order valence-electron chi connectivity index (χ1n) is 5.10. The van der Waals surface area contributed by atoms with Crippen LogP contribution in [-0.4, -0.2) is 6.61 Å². The summed E-state index contributed by atoms with van der Waals surface area (Å²) in [5, 5.41) is 0. The number of allylic oxidation sites excluding steroid dienone is 1. The predicted molar refractivity (Wildman–Crippen MR) is 66.1 cm³/mol. The molecule has 0 saturated carbocycles. The molecule has 0 heterocycles. The Labute approximate surface area is 92.1 Å². The second-order valence-corrected chi connectivity index (χ2v) is 4.04. The van der Waals surface area contributed by atoms with Crippen molar-refractivity contribution < 1.29 is 4.74 Å². The highest BCUT2D eigenvalue weighted by molar-refractivity contribution is 5.52. The van der Waals surface area contributed by atoms with Crippen LogP contribution in [0.15, 0.2) is 42.0 Å². The van der Waals surface area contributed by atoms with Crippen molar-refractivity contribution in [3.05, 3.63) is 47.6 Å². The smallest absolute Gasteiger partial charge is 0.119 e. The lowest BCUT2D eigenvalue weighted by Gasteiger charge is -2.05. The molecule has 0 saturated heterocycles. The van der Waals surface area contributed by atoms with Gasteiger partial charge in [0.15, 0.2) is 0 Å². The van der Waals surface area contributed by atoms with Crippen molar-refractivity contribution in [1.29, 1.82) is 0 Å². The van der Waals surface area contributed by atoms with Crippen LogP contribution in [0.4, 0.5) is 0 Å². The van der Waals surface area contributed by atoms with E-state index in [1.54, 1.807) is 0 Å². The molecule has 0 fully saturated rings. The Morgan fingerprint density at radius 1 is 1.20 bits per heavy atom. The molecule has 1 nitrogen and oxygen atoms in total. The molecule has 0 aliphatic carbocycles. The summed E-state index contributed by atoms with van der Waals surface area (Å²) in [5.41, 5.74) is 3.53. The van der Waals surface area contributed by atoms with E-state index >= 15 is 0 Å². The third-order valence-electron chi connectivity index (χ3n) is 1.82. The third kappa shape index (κ3) is 4.50. The van der Waals surface area contributed by atoms with Crippen LogP contribution in [0.1, 0.15) is 26.3 Å². The normalized spacial score (nSPS) is 9.53. The molecule has 0 amide bonds. The van der Waals surface area contributed by atoms with Crippen molar-refractivity contribution in [2.75, 3.05) is 6.61 Å². The van der Waals surface area contributed by atoms with Crippen LogP contribution in [0.5, 0.6) is 5.75 Å². The molecule has 80 valence electrons. The predicted octanol–water partition coefficient (Wildman–Crippen LogP) is 4.06. The molecular formula is C14H18O. The second kappa shape index (κ2) is 5.40. The molecule has 0 N–H and O–H groups in total. The van der Waals surface area contributed by atoms with Gasteiger partial charge < -0.3 is 4.74 Å². The van der Waals surface area contributed by atoms with E-state index < -0.39 is 0 Å². The van der Waals surface area contributed by atoms with Gasteiger partial charge in [-0.25, -0.2) is 0 Å². The number of ether oxygens (including phenoxy) is 1. The van der Waals surface area contributed by atoms with Crippen LogP contribution in [0.25, 0.3) is 6.08 Å². The summed E-state index contributed by atoms with van der Waals surface area (Å²) in [6, 6.07) is 8.08. The highest BCUT2D eigenvalue weighted by Gasteiger charge is 1.93. The summed E-state index contributed by atoms with van der Waals surface area (Å²) in [5.74, 6) is 0.893. The molecule has 0 bridgehead atoms. The summed E-state index contributed by atoms with van der Waals surface area (Å²) in [6.45, 7) is 10.5. The number of rotatable bonds is 4. The topological polar surface area (TPSA) is 9.23 Å². The van der Waals surface area contributed by atoms with Gasteiger partial charge in [-0.2, -0.15) is 0 Å². The van der Waals surface area contributed by atoms with Gasteiger partial charge in [0, 0.05) is 0 Å². The van der Waals surface area contributed by atoms with E-state index in [-0.39, 0.29) is 0 Å². The average Bonchev–Trinajstić information content (AvgIpc) is 2.16. The molecule has 0 atom stereocenters. The SMILES string of the molecule is C=C(C)COc1ccc(C=C(C)C)cc1. The zero-order valence-corrected chi connectivity index (χ0v) is 9.71. The van der Waals surface area contributed by atoms with Crippen LogP contribution < -0.4 is 4.74 Å². The van der Waals surface area contributed by atoms with Crippen molar-refractivity contribution in [2.24, 2.45) is 0 Å². The van der Waals surface area contributed by atoms with Crippen LogP contribution >= 0.6 is 0 Å². The Morgan fingerprint density at radius 2 is 1.80 bits per heavy atom. The Balaban J connectivity index is 2.64. The van der Waals surface area contributed by atoms with Gasteiger partial charge in [0.25, 0.3) is 0 Å². The monoisotopic (exact) mass is 202 g/mol. The first-order valence-corrected chi connectivity index (χ1v) is 5.10. The van der Waals surface area contributed by atoms with E-state index in [0.717, 1.165) is 11.3 Å². The summed E-state index contributed by atoms with van der Waals surface area (Å²) in [4.78, 5) is 0. The first kappa shape index (κ1) is 11.6. The van der Waals surface area contributed by atoms with Crippen LogP contribution in [0, 0.1) is 0 Å². The zero-order valence-electron chi connectivity index (χ0n) is 9.71. The van der Waals surface area contributed by atoms with Gasteiger partial charge in [-0.3, -0.25) is 0 Å². The minimum atomic E-state index is 0.585. The molecular weight excluding hydrogens is 184 g/mol. The lowest BCUT2D eigenvalue weighted by atomic mass is 10.1. The van der Waals surface area contributed by atoms with Crippen molar-refractivity contribution in [3.8, 4) is 5.75 Å². The van der Waals surface area contributed by atoms with Gasteiger partial charge in [-0.05, 0) is 44.0 Å². The Morgan fingerprint density at radius 3 is 2.27 bits per heavy atom. The second-order valence-electron chi connectivity index (χ2n) is 4.04. The Bertz CT molecular complexity index is 353. The molecule has 0 unspecified atom stereocenters. The maximum atomic E-state index is 5.51. The van der Waals surface area contributed by atoms with E-state index in [0.29, 0.717) is 6.61 Å². The molecule has 0 aliphatic heterocycles. The lowest BCUT2D eigenvalue weighted by molar-refractivity contribution is 0.352. The highest BCUT2D eigenvalue weighted by Crippen LogP contribution is 2.14. The minimum absolute atomic E-state index is 0.585. The summed E-state index contributed by atoms with van der Waals surface area (Å²) in [6.07, 6.45) is 2.14. The first-order chi connectivity index (χ1) is 7.08. The van der Waals surface area contributed by atoms with Crippen LogP contribution in [0.3, 0.4) is 0 Å². The van der Waals surface area contributed by atoms with Gasteiger partial charge in [0.2, 0.25) is 0 Å². The summed E-state index contributed by atoms with van der Waals surface area (Å²) < 4.78 is 5.51. The summed E-state index contributed by atoms with van der Waals surface area (Å²) >= 11 is 0. The molecule has 1 rings (SSSR count). The molecule has 0 aromatic heterocycles. The van der Waals surface area contributed by atoms with Crippen molar-refractivity contribution in [3.63, 3.8) is 0 Å². The Hall–Kier alpha value is -1.50. The van der Waals surface area contributed by atoms with Gasteiger partial charge >= 0.3 is 0 Å². The van der Waals surface area contributed by atoms with E-state index in [1.807, 2.05) is 19.1 Å². The van der Waals surface area contributed by atoms with E-state index in [1.165, 1.54) is 11.1 Å². The lowest BCUT2D eigenvalue weighted by Crippen LogP contribution is -1.96. The number of hydrogen-bond donors (Lipinski definition) is 0. The maximum absolute atomic E-state index is 5.51. The van der Waals surface area contributed by atoms with Gasteiger partial charge in [0.1, 0.15) is 12.4 Å². The maximum Gasteiger partial charge on any atom is 0.119 e. The van der Waals surface area contributed by atoms with E-state index in [4.69, 9.17) is 4.74 Å². The van der Waals surface area contributed by atoms with E-state index in [2.05, 4.69) is 38.6 Å². The largest absolute Gasteiger partial charge is 0.489 e. The minimum Gasteiger partial charge on any atom is -0.489 e. The molecule has 15 heavy (non-hydrogen) atoms. The van der Waals surface area contributed by atoms with Gasteiger partial charge in [-0.15, -0.1) is 0 Å². The zero-order chi connectivity index (χ0) is 11.3. The molecule has 0 spiro atoms. The van der Waals surface area contributed by atoms with Crippen molar-refractivity contribution >= 4 is 6.08 Å². The molecule has 1 aromatic carbocycles. The highest BCUT2D eigenvalue weighted by atomic mass is 16.5. The molecule has 1 heteroatoms. The van der Waals surface area contributed by atoms with Crippen LogP contribution in [-0.2, 0) is 0 Å². The number of hydrogen-bond acceptors (Lipinski definition) is 1. The van der Waals surface area contributed by atoms with E-state index in [9.17, 15) is 0 Å². The molecule has 0 radical (unpaired) electrons. The quantitative estimate of drug-likeness (QED) is 0.669. The summed E-state index contributed by atoms with van der Waals surface area (Å²) in [7, 11) is 0. The van der Waals surface area contributed by atoms with Crippen molar-refractivity contribution in [2.45, 2.75) is 20.8 Å². The van der Waals surface area contributed by atoms with Gasteiger partial charge in [0.05, 0.1) is 0 Å². The third-order valence-corrected chi connectivity index (χ3v) is 1.82. The van der Waals surface area contributed by atoms with Crippen molar-refractivity contribution in [1.82, 2.24) is 0 Å².